The Morgan fingerprint density at radius 1 is 1.08 bits per heavy atom. The zero-order valence-electron chi connectivity index (χ0n) is 20.4. The number of hydrogen-bond acceptors (Lipinski definition) is 6. The summed E-state index contributed by atoms with van der Waals surface area (Å²) < 4.78 is 76.4. The van der Waals surface area contributed by atoms with E-state index >= 15 is 0 Å². The lowest BCUT2D eigenvalue weighted by Gasteiger charge is -2.40. The van der Waals surface area contributed by atoms with Gasteiger partial charge >= 0.3 is 0 Å². The normalized spacial score (nSPS) is 17.6. The second-order valence-corrected chi connectivity index (χ2v) is 9.84. The van der Waals surface area contributed by atoms with Crippen LogP contribution in [0, 0.1) is 17.5 Å². The largest absolute Gasteiger partial charge is 0.494 e. The van der Waals surface area contributed by atoms with Crippen LogP contribution in [0.25, 0.3) is 5.69 Å². The third-order valence-electron chi connectivity index (χ3n) is 6.85. The van der Waals surface area contributed by atoms with E-state index in [0.29, 0.717) is 52.2 Å². The van der Waals surface area contributed by atoms with Crippen molar-refractivity contribution in [1.82, 2.24) is 19.5 Å². The zero-order chi connectivity index (χ0) is 27.5. The van der Waals surface area contributed by atoms with E-state index in [1.807, 2.05) is 0 Å². The zero-order valence-corrected chi connectivity index (χ0v) is 21.1. The van der Waals surface area contributed by atoms with Crippen molar-refractivity contribution in [3.63, 3.8) is 0 Å². The van der Waals surface area contributed by atoms with E-state index in [-0.39, 0.29) is 11.5 Å². The molecule has 2 aliphatic rings. The van der Waals surface area contributed by atoms with E-state index in [2.05, 4.69) is 20.3 Å². The van der Waals surface area contributed by atoms with Crippen molar-refractivity contribution in [3.05, 3.63) is 82.3 Å². The standard InChI is InChI=1S/C26H20ClF5N6O/c1-39-20-8-14(2-5-19(20)37-9-21(27)33-12-37)34-25-35-23-15(13-6-17(28)22(30)18(29)7-13)3-4-16(23)24(36-25)38-10-26(31,32)11-38/h2,5-9,12,15H,3-4,10-11H2,1H3,(H,34,35,36). The first-order valence-corrected chi connectivity index (χ1v) is 12.3. The predicted molar refractivity (Wildman–Crippen MR) is 134 cm³/mol. The van der Waals surface area contributed by atoms with Gasteiger partial charge in [-0.3, -0.25) is 0 Å². The van der Waals surface area contributed by atoms with Crippen LogP contribution in [0.5, 0.6) is 5.75 Å². The Kier molecular flexibility index (Phi) is 6.09. The molecule has 1 aliphatic heterocycles. The number of imidazole rings is 1. The molecule has 4 aromatic rings. The number of anilines is 3. The van der Waals surface area contributed by atoms with Gasteiger partial charge in [0, 0.05) is 29.4 Å². The molecule has 0 bridgehead atoms. The maximum Gasteiger partial charge on any atom is 0.282 e. The summed E-state index contributed by atoms with van der Waals surface area (Å²) in [6.07, 6.45) is 3.97. The van der Waals surface area contributed by atoms with Crippen molar-refractivity contribution < 1.29 is 26.7 Å². The van der Waals surface area contributed by atoms with Crippen molar-refractivity contribution in [2.45, 2.75) is 24.7 Å². The average Bonchev–Trinajstić information content (AvgIpc) is 3.51. The Morgan fingerprint density at radius 2 is 1.82 bits per heavy atom. The number of nitrogens with one attached hydrogen (secondary N) is 1. The molecule has 1 fully saturated rings. The quantitative estimate of drug-likeness (QED) is 0.229. The van der Waals surface area contributed by atoms with Crippen LogP contribution in [0.2, 0.25) is 5.15 Å². The fourth-order valence-corrected chi connectivity index (χ4v) is 5.20. The Morgan fingerprint density at radius 3 is 2.46 bits per heavy atom. The molecule has 3 heterocycles. The van der Waals surface area contributed by atoms with Crippen LogP contribution in [0.3, 0.4) is 0 Å². The number of halogens is 6. The van der Waals surface area contributed by atoms with E-state index in [4.69, 9.17) is 16.3 Å². The molecule has 7 nitrogen and oxygen atoms in total. The van der Waals surface area contributed by atoms with Crippen molar-refractivity contribution >= 4 is 29.1 Å². The lowest BCUT2D eigenvalue weighted by Crippen LogP contribution is -2.57. The van der Waals surface area contributed by atoms with E-state index < -0.39 is 42.4 Å². The molecule has 0 radical (unpaired) electrons. The lowest BCUT2D eigenvalue weighted by molar-refractivity contribution is -0.0267. The fraction of sp³-hybridized carbons (Fsp3) is 0.269. The van der Waals surface area contributed by atoms with Gasteiger partial charge < -0.3 is 19.5 Å². The molecule has 0 amide bonds. The summed E-state index contributed by atoms with van der Waals surface area (Å²) in [5, 5.41) is 3.40. The molecule has 1 unspecified atom stereocenters. The van der Waals surface area contributed by atoms with Gasteiger partial charge in [-0.25, -0.2) is 31.9 Å². The molecular weight excluding hydrogens is 543 g/mol. The van der Waals surface area contributed by atoms with Gasteiger partial charge in [-0.1, -0.05) is 11.6 Å². The number of nitrogens with zero attached hydrogens (tertiary/aromatic N) is 5. The summed E-state index contributed by atoms with van der Waals surface area (Å²) in [4.78, 5) is 14.6. The molecule has 6 rings (SSSR count). The van der Waals surface area contributed by atoms with E-state index in [0.717, 1.165) is 12.1 Å². The topological polar surface area (TPSA) is 68.1 Å². The van der Waals surface area contributed by atoms with Crippen LogP contribution >= 0.6 is 11.6 Å². The molecule has 1 N–H and O–H groups in total. The van der Waals surface area contributed by atoms with Crippen molar-refractivity contribution in [3.8, 4) is 11.4 Å². The summed E-state index contributed by atoms with van der Waals surface area (Å²) in [6, 6.07) is 7.07. The number of alkyl halides is 2. The van der Waals surface area contributed by atoms with Gasteiger partial charge in [0.05, 0.1) is 31.6 Å². The molecular formula is C26H20ClF5N6O. The van der Waals surface area contributed by atoms with Crippen molar-refractivity contribution in [1.29, 1.82) is 0 Å². The molecule has 2 aromatic carbocycles. The Bertz CT molecular complexity index is 1560. The van der Waals surface area contributed by atoms with E-state index in [9.17, 15) is 22.0 Å². The number of fused-ring (bicyclic) bond motifs is 1. The number of hydrogen-bond donors (Lipinski definition) is 1. The highest BCUT2D eigenvalue weighted by Crippen LogP contribution is 2.44. The Hall–Kier alpha value is -3.93. The highest BCUT2D eigenvalue weighted by Gasteiger charge is 2.46. The Balaban J connectivity index is 1.39. The summed E-state index contributed by atoms with van der Waals surface area (Å²) in [7, 11) is 1.50. The number of benzene rings is 2. The second-order valence-electron chi connectivity index (χ2n) is 9.45. The fourth-order valence-electron chi connectivity index (χ4n) is 5.05. The molecule has 2 aromatic heterocycles. The summed E-state index contributed by atoms with van der Waals surface area (Å²) in [5.41, 5.74) is 2.48. The molecule has 1 saturated heterocycles. The van der Waals surface area contributed by atoms with E-state index in [1.165, 1.54) is 18.3 Å². The first-order valence-electron chi connectivity index (χ1n) is 11.9. The van der Waals surface area contributed by atoms with Gasteiger partial charge in [0.1, 0.15) is 23.0 Å². The average molecular weight is 563 g/mol. The monoisotopic (exact) mass is 562 g/mol. The smallest absolute Gasteiger partial charge is 0.282 e. The number of ether oxygens (including phenoxy) is 1. The van der Waals surface area contributed by atoms with E-state index in [1.54, 1.807) is 29.0 Å². The molecule has 0 saturated carbocycles. The molecule has 13 heteroatoms. The number of rotatable bonds is 6. The molecule has 202 valence electrons. The summed E-state index contributed by atoms with van der Waals surface area (Å²) in [6.45, 7) is -1.01. The minimum atomic E-state index is -2.84. The third-order valence-corrected chi connectivity index (χ3v) is 7.04. The Labute approximate surface area is 224 Å². The molecule has 1 atom stereocenters. The van der Waals surface area contributed by atoms with Crippen LogP contribution in [-0.2, 0) is 6.42 Å². The third kappa shape index (κ3) is 4.62. The van der Waals surface area contributed by atoms with Gasteiger partial charge in [-0.05, 0) is 42.7 Å². The van der Waals surface area contributed by atoms with Gasteiger partial charge in [-0.15, -0.1) is 0 Å². The molecule has 39 heavy (non-hydrogen) atoms. The van der Waals surface area contributed by atoms with Gasteiger partial charge in [0.2, 0.25) is 5.95 Å². The first-order chi connectivity index (χ1) is 18.6. The highest BCUT2D eigenvalue weighted by molar-refractivity contribution is 6.29. The summed E-state index contributed by atoms with van der Waals surface area (Å²) in [5.74, 6) is -6.67. The minimum Gasteiger partial charge on any atom is -0.494 e. The van der Waals surface area contributed by atoms with Gasteiger partial charge in [0.15, 0.2) is 17.5 Å². The van der Waals surface area contributed by atoms with Crippen molar-refractivity contribution in [2.75, 3.05) is 30.4 Å². The van der Waals surface area contributed by atoms with Crippen molar-refractivity contribution in [2.24, 2.45) is 0 Å². The lowest BCUT2D eigenvalue weighted by atomic mass is 9.96. The van der Waals surface area contributed by atoms with Gasteiger partial charge in [-0.2, -0.15) is 4.98 Å². The van der Waals surface area contributed by atoms with Gasteiger partial charge in [0.25, 0.3) is 5.92 Å². The van der Waals surface area contributed by atoms with Crippen LogP contribution in [-0.4, -0.2) is 45.6 Å². The highest BCUT2D eigenvalue weighted by atomic mass is 35.5. The van der Waals surface area contributed by atoms with Crippen LogP contribution in [0.15, 0.2) is 42.9 Å². The maximum absolute atomic E-state index is 14.0. The van der Waals surface area contributed by atoms with Crippen LogP contribution < -0.4 is 15.0 Å². The molecule has 1 aliphatic carbocycles. The number of methoxy groups -OCH3 is 1. The van der Waals surface area contributed by atoms with Crippen LogP contribution in [0.1, 0.15) is 29.2 Å². The minimum absolute atomic E-state index is 0.106. The van der Waals surface area contributed by atoms with Crippen LogP contribution in [0.4, 0.5) is 39.4 Å². The maximum atomic E-state index is 14.0. The predicted octanol–water partition coefficient (Wildman–Crippen LogP) is 6.02. The SMILES string of the molecule is COc1cc(Nc2nc3c(c(N4CC(F)(F)C4)n2)CCC3c2cc(F)c(F)c(F)c2)ccc1-n1cnc(Cl)c1. The second kappa shape index (κ2) is 9.37. The number of aromatic nitrogens is 4. The first kappa shape index (κ1) is 25.4. The molecule has 0 spiro atoms. The summed E-state index contributed by atoms with van der Waals surface area (Å²) >= 11 is 5.93.